The van der Waals surface area contributed by atoms with Gasteiger partial charge in [-0.05, 0) is 26.8 Å². The maximum atomic E-state index is 5.61. The molecule has 2 heteroatoms. The fraction of sp³-hybridized carbons (Fsp3) is 1.00. The second-order valence-corrected chi connectivity index (χ2v) is 4.24. The molecule has 1 fully saturated rings. The normalized spacial score (nSPS) is 38.4. The molecule has 2 N–H and O–H groups in total. The van der Waals surface area contributed by atoms with Crippen molar-refractivity contribution in [1.82, 2.24) is 0 Å². The van der Waals surface area contributed by atoms with Gasteiger partial charge in [0, 0.05) is 5.41 Å². The SMILES string of the molecule is CC1(C)C[C@@](C)(CN)CO1. The maximum absolute atomic E-state index is 5.61. The van der Waals surface area contributed by atoms with Crippen LogP contribution < -0.4 is 5.73 Å². The summed E-state index contributed by atoms with van der Waals surface area (Å²) in [7, 11) is 0. The molecule has 2 nitrogen and oxygen atoms in total. The Labute approximate surface area is 62.7 Å². The molecule has 10 heavy (non-hydrogen) atoms. The molecule has 1 aliphatic heterocycles. The third-order valence-corrected chi connectivity index (χ3v) is 2.16. The van der Waals surface area contributed by atoms with Crippen molar-refractivity contribution in [2.24, 2.45) is 11.1 Å². The molecule has 0 aromatic heterocycles. The molecule has 1 aliphatic rings. The zero-order valence-electron chi connectivity index (χ0n) is 7.11. The minimum Gasteiger partial charge on any atom is -0.375 e. The zero-order chi connectivity index (χ0) is 7.83. The Bertz CT molecular complexity index is 133. The fourth-order valence-corrected chi connectivity index (χ4v) is 1.63. The largest absolute Gasteiger partial charge is 0.375 e. The molecule has 1 saturated heterocycles. The van der Waals surface area contributed by atoms with Gasteiger partial charge >= 0.3 is 0 Å². The number of hydrogen-bond donors (Lipinski definition) is 1. The minimum atomic E-state index is 0.0497. The van der Waals surface area contributed by atoms with E-state index in [1.807, 2.05) is 0 Å². The van der Waals surface area contributed by atoms with Crippen LogP contribution in [0.3, 0.4) is 0 Å². The van der Waals surface area contributed by atoms with E-state index in [1.165, 1.54) is 0 Å². The quantitative estimate of drug-likeness (QED) is 0.597. The summed E-state index contributed by atoms with van der Waals surface area (Å²) in [6.45, 7) is 7.97. The molecule has 0 aromatic carbocycles. The number of ether oxygens (including phenoxy) is 1. The van der Waals surface area contributed by atoms with E-state index in [-0.39, 0.29) is 11.0 Å². The van der Waals surface area contributed by atoms with Crippen molar-refractivity contribution in [1.29, 1.82) is 0 Å². The summed E-state index contributed by atoms with van der Waals surface area (Å²) in [6.07, 6.45) is 1.08. The topological polar surface area (TPSA) is 35.2 Å². The van der Waals surface area contributed by atoms with Crippen molar-refractivity contribution in [3.63, 3.8) is 0 Å². The molecule has 1 rings (SSSR count). The average Bonchev–Trinajstić information content (AvgIpc) is 2.08. The predicted octanol–water partition coefficient (Wildman–Crippen LogP) is 1.15. The van der Waals surface area contributed by atoms with Crippen molar-refractivity contribution in [3.05, 3.63) is 0 Å². The van der Waals surface area contributed by atoms with E-state index in [4.69, 9.17) is 10.5 Å². The maximum Gasteiger partial charge on any atom is 0.0633 e. The van der Waals surface area contributed by atoms with Crippen LogP contribution in [0.15, 0.2) is 0 Å². The molecular formula is C8H17NO. The van der Waals surface area contributed by atoms with Crippen molar-refractivity contribution in [2.75, 3.05) is 13.2 Å². The first-order valence-electron chi connectivity index (χ1n) is 3.82. The van der Waals surface area contributed by atoms with Crippen molar-refractivity contribution < 1.29 is 4.74 Å². The number of rotatable bonds is 1. The summed E-state index contributed by atoms with van der Waals surface area (Å²) in [5.74, 6) is 0. The first-order chi connectivity index (χ1) is 4.47. The van der Waals surface area contributed by atoms with Gasteiger partial charge in [-0.25, -0.2) is 0 Å². The van der Waals surface area contributed by atoms with Gasteiger partial charge in [0.2, 0.25) is 0 Å². The van der Waals surface area contributed by atoms with Crippen molar-refractivity contribution in [3.8, 4) is 0 Å². The lowest BCUT2D eigenvalue weighted by atomic mass is 9.84. The lowest BCUT2D eigenvalue weighted by molar-refractivity contribution is 0.0323. The lowest BCUT2D eigenvalue weighted by Gasteiger charge is -2.21. The van der Waals surface area contributed by atoms with E-state index in [9.17, 15) is 0 Å². The monoisotopic (exact) mass is 143 g/mol. The molecule has 0 amide bonds. The molecule has 0 radical (unpaired) electrons. The summed E-state index contributed by atoms with van der Waals surface area (Å²) in [4.78, 5) is 0. The first kappa shape index (κ1) is 8.02. The first-order valence-corrected chi connectivity index (χ1v) is 3.82. The van der Waals surface area contributed by atoms with Crippen LogP contribution in [0.2, 0.25) is 0 Å². The van der Waals surface area contributed by atoms with Gasteiger partial charge < -0.3 is 10.5 Å². The summed E-state index contributed by atoms with van der Waals surface area (Å²) in [6, 6.07) is 0. The Morgan fingerprint density at radius 1 is 1.40 bits per heavy atom. The van der Waals surface area contributed by atoms with Gasteiger partial charge in [-0.15, -0.1) is 0 Å². The van der Waals surface area contributed by atoms with Crippen LogP contribution in [-0.2, 0) is 4.74 Å². The Morgan fingerprint density at radius 2 is 2.00 bits per heavy atom. The van der Waals surface area contributed by atoms with Crippen LogP contribution in [0, 0.1) is 5.41 Å². The highest BCUT2D eigenvalue weighted by molar-refractivity contribution is 4.90. The minimum absolute atomic E-state index is 0.0497. The molecule has 0 unspecified atom stereocenters. The van der Waals surface area contributed by atoms with Gasteiger partial charge in [-0.3, -0.25) is 0 Å². The fourth-order valence-electron chi connectivity index (χ4n) is 1.63. The Morgan fingerprint density at radius 3 is 2.20 bits per heavy atom. The van der Waals surface area contributed by atoms with Gasteiger partial charge in [-0.2, -0.15) is 0 Å². The summed E-state index contributed by atoms with van der Waals surface area (Å²) < 4.78 is 5.57. The van der Waals surface area contributed by atoms with Crippen LogP contribution in [0.25, 0.3) is 0 Å². The van der Waals surface area contributed by atoms with Gasteiger partial charge in [0.1, 0.15) is 0 Å². The van der Waals surface area contributed by atoms with E-state index < -0.39 is 0 Å². The molecule has 0 saturated carbocycles. The number of nitrogens with two attached hydrogens (primary N) is 1. The van der Waals surface area contributed by atoms with Crippen molar-refractivity contribution >= 4 is 0 Å². The van der Waals surface area contributed by atoms with Gasteiger partial charge in [0.25, 0.3) is 0 Å². The van der Waals surface area contributed by atoms with E-state index in [0.717, 1.165) is 19.6 Å². The van der Waals surface area contributed by atoms with Gasteiger partial charge in [0.15, 0.2) is 0 Å². The third kappa shape index (κ3) is 1.50. The third-order valence-electron chi connectivity index (χ3n) is 2.16. The summed E-state index contributed by atoms with van der Waals surface area (Å²) in [5, 5.41) is 0. The van der Waals surface area contributed by atoms with E-state index >= 15 is 0 Å². The van der Waals surface area contributed by atoms with E-state index in [2.05, 4.69) is 20.8 Å². The highest BCUT2D eigenvalue weighted by atomic mass is 16.5. The molecule has 60 valence electrons. The summed E-state index contributed by atoms with van der Waals surface area (Å²) >= 11 is 0. The van der Waals surface area contributed by atoms with Gasteiger partial charge in [0.05, 0.1) is 12.2 Å². The van der Waals surface area contributed by atoms with Crippen molar-refractivity contribution in [2.45, 2.75) is 32.8 Å². The molecule has 0 spiro atoms. The molecule has 0 aromatic rings. The smallest absolute Gasteiger partial charge is 0.0633 e. The molecule has 0 aliphatic carbocycles. The highest BCUT2D eigenvalue weighted by Gasteiger charge is 2.39. The van der Waals surface area contributed by atoms with Crippen LogP contribution in [0.4, 0.5) is 0 Å². The molecule has 1 heterocycles. The molecular weight excluding hydrogens is 126 g/mol. The van der Waals surface area contributed by atoms with Crippen LogP contribution in [0.5, 0.6) is 0 Å². The predicted molar refractivity (Wildman–Crippen MR) is 41.8 cm³/mol. The van der Waals surface area contributed by atoms with Crippen LogP contribution >= 0.6 is 0 Å². The zero-order valence-corrected chi connectivity index (χ0v) is 7.11. The Hall–Kier alpha value is -0.0800. The Balaban J connectivity index is 2.57. The second-order valence-electron chi connectivity index (χ2n) is 4.24. The highest BCUT2D eigenvalue weighted by Crippen LogP contribution is 2.37. The van der Waals surface area contributed by atoms with E-state index in [0.29, 0.717) is 0 Å². The van der Waals surface area contributed by atoms with Gasteiger partial charge in [-0.1, -0.05) is 6.92 Å². The second kappa shape index (κ2) is 2.21. The molecule has 1 atom stereocenters. The van der Waals surface area contributed by atoms with E-state index in [1.54, 1.807) is 0 Å². The van der Waals surface area contributed by atoms with Crippen LogP contribution in [0.1, 0.15) is 27.2 Å². The lowest BCUT2D eigenvalue weighted by Crippen LogP contribution is -2.28. The number of hydrogen-bond acceptors (Lipinski definition) is 2. The molecule has 0 bridgehead atoms. The van der Waals surface area contributed by atoms with Crippen LogP contribution in [-0.4, -0.2) is 18.8 Å². The standard InChI is InChI=1S/C8H17NO/c1-7(2)4-8(3,5-9)6-10-7/h4-6,9H2,1-3H3/t8-/m0/s1. The average molecular weight is 143 g/mol. The Kier molecular flexibility index (Phi) is 1.77. The summed E-state index contributed by atoms with van der Waals surface area (Å²) in [5.41, 5.74) is 5.88.